The smallest absolute Gasteiger partial charge is 0.260 e. The number of carbonyl (C=O) groups excluding carboxylic acids is 1. The summed E-state index contributed by atoms with van der Waals surface area (Å²) in [5.41, 5.74) is 0. The Balaban J connectivity index is 1.80. The van der Waals surface area contributed by atoms with Crippen LogP contribution in [-0.4, -0.2) is 42.2 Å². The van der Waals surface area contributed by atoms with Gasteiger partial charge in [-0.15, -0.1) is 0 Å². The fourth-order valence-corrected chi connectivity index (χ4v) is 2.74. The first-order valence-electron chi connectivity index (χ1n) is 6.96. The Morgan fingerprint density at radius 1 is 1.40 bits per heavy atom. The SMILES string of the molecule is O=C(COc1ccc(Br)cc1)N1CCCC(CCO)C1. The van der Waals surface area contributed by atoms with Crippen molar-refractivity contribution in [3.05, 3.63) is 28.7 Å². The molecular weight excluding hydrogens is 322 g/mol. The molecule has 2 rings (SSSR count). The van der Waals surface area contributed by atoms with Gasteiger partial charge in [0.2, 0.25) is 0 Å². The van der Waals surface area contributed by atoms with E-state index in [1.165, 1.54) is 0 Å². The molecule has 110 valence electrons. The number of nitrogens with zero attached hydrogens (tertiary/aromatic N) is 1. The lowest BCUT2D eigenvalue weighted by atomic mass is 9.95. The fourth-order valence-electron chi connectivity index (χ4n) is 2.48. The summed E-state index contributed by atoms with van der Waals surface area (Å²) in [6.45, 7) is 1.81. The van der Waals surface area contributed by atoms with Gasteiger partial charge in [0, 0.05) is 24.2 Å². The first kappa shape index (κ1) is 15.3. The van der Waals surface area contributed by atoms with Crippen molar-refractivity contribution in [3.63, 3.8) is 0 Å². The van der Waals surface area contributed by atoms with Crippen LogP contribution in [-0.2, 0) is 4.79 Å². The Bertz CT molecular complexity index is 433. The average molecular weight is 342 g/mol. The minimum atomic E-state index is 0.0237. The fraction of sp³-hybridized carbons (Fsp3) is 0.533. The molecule has 1 N–H and O–H groups in total. The average Bonchev–Trinajstić information content (AvgIpc) is 2.47. The van der Waals surface area contributed by atoms with Crippen LogP contribution in [0.15, 0.2) is 28.7 Å². The van der Waals surface area contributed by atoms with E-state index in [1.807, 2.05) is 29.2 Å². The summed E-state index contributed by atoms with van der Waals surface area (Å²) in [7, 11) is 0. The molecule has 1 aliphatic heterocycles. The van der Waals surface area contributed by atoms with Gasteiger partial charge in [-0.2, -0.15) is 0 Å². The van der Waals surface area contributed by atoms with E-state index in [-0.39, 0.29) is 19.1 Å². The van der Waals surface area contributed by atoms with Crippen molar-refractivity contribution in [1.82, 2.24) is 4.90 Å². The first-order chi connectivity index (χ1) is 9.69. The van der Waals surface area contributed by atoms with E-state index in [9.17, 15) is 4.79 Å². The van der Waals surface area contributed by atoms with E-state index in [1.54, 1.807) is 0 Å². The number of rotatable bonds is 5. The van der Waals surface area contributed by atoms with Crippen molar-refractivity contribution in [2.45, 2.75) is 19.3 Å². The van der Waals surface area contributed by atoms with E-state index >= 15 is 0 Å². The molecule has 4 nitrogen and oxygen atoms in total. The van der Waals surface area contributed by atoms with Gasteiger partial charge in [-0.1, -0.05) is 15.9 Å². The molecule has 0 bridgehead atoms. The molecule has 0 saturated carbocycles. The number of piperidine rings is 1. The monoisotopic (exact) mass is 341 g/mol. The highest BCUT2D eigenvalue weighted by Crippen LogP contribution is 2.20. The zero-order valence-electron chi connectivity index (χ0n) is 11.4. The Morgan fingerprint density at radius 2 is 2.15 bits per heavy atom. The number of aliphatic hydroxyl groups is 1. The van der Waals surface area contributed by atoms with E-state index < -0.39 is 0 Å². The van der Waals surface area contributed by atoms with Crippen molar-refractivity contribution in [3.8, 4) is 5.75 Å². The highest BCUT2D eigenvalue weighted by Gasteiger charge is 2.23. The highest BCUT2D eigenvalue weighted by atomic mass is 79.9. The van der Waals surface area contributed by atoms with Crippen LogP contribution in [0.4, 0.5) is 0 Å². The van der Waals surface area contributed by atoms with Crippen molar-refractivity contribution < 1.29 is 14.6 Å². The van der Waals surface area contributed by atoms with E-state index in [0.29, 0.717) is 11.7 Å². The third-order valence-corrected chi connectivity index (χ3v) is 4.11. The topological polar surface area (TPSA) is 49.8 Å². The normalized spacial score (nSPS) is 18.9. The molecule has 1 aromatic carbocycles. The predicted molar refractivity (Wildman–Crippen MR) is 80.6 cm³/mol. The predicted octanol–water partition coefficient (Wildman–Crippen LogP) is 2.45. The summed E-state index contributed by atoms with van der Waals surface area (Å²) in [5, 5.41) is 8.99. The lowest BCUT2D eigenvalue weighted by Gasteiger charge is -2.32. The van der Waals surface area contributed by atoms with Crippen molar-refractivity contribution in [2.75, 3.05) is 26.3 Å². The summed E-state index contributed by atoms with van der Waals surface area (Å²) in [6, 6.07) is 7.44. The van der Waals surface area contributed by atoms with Gasteiger partial charge >= 0.3 is 0 Å². The molecule has 1 unspecified atom stereocenters. The number of ether oxygens (including phenoxy) is 1. The molecule has 1 aromatic rings. The number of carbonyl (C=O) groups is 1. The van der Waals surface area contributed by atoms with E-state index in [0.717, 1.165) is 36.8 Å². The van der Waals surface area contributed by atoms with Crippen LogP contribution in [0, 0.1) is 5.92 Å². The Labute approximate surface area is 127 Å². The third kappa shape index (κ3) is 4.49. The molecule has 1 saturated heterocycles. The molecule has 1 heterocycles. The molecule has 5 heteroatoms. The lowest BCUT2D eigenvalue weighted by molar-refractivity contribution is -0.135. The van der Waals surface area contributed by atoms with Crippen LogP contribution in [0.25, 0.3) is 0 Å². The maximum absolute atomic E-state index is 12.1. The minimum Gasteiger partial charge on any atom is -0.484 e. The first-order valence-corrected chi connectivity index (χ1v) is 7.75. The minimum absolute atomic E-state index is 0.0237. The number of likely N-dealkylation sites (tertiary alicyclic amines) is 1. The molecule has 1 amide bonds. The standard InChI is InChI=1S/C15H20BrNO3/c16-13-3-5-14(6-4-13)20-11-15(19)17-8-1-2-12(10-17)7-9-18/h3-6,12,18H,1-2,7-11H2. The zero-order chi connectivity index (χ0) is 14.4. The number of hydrogen-bond acceptors (Lipinski definition) is 3. The van der Waals surface area contributed by atoms with Crippen LogP contribution < -0.4 is 4.74 Å². The van der Waals surface area contributed by atoms with Gasteiger partial charge in [0.15, 0.2) is 6.61 Å². The van der Waals surface area contributed by atoms with Gasteiger partial charge in [-0.3, -0.25) is 4.79 Å². The number of benzene rings is 1. The molecule has 0 aromatic heterocycles. The van der Waals surface area contributed by atoms with Gasteiger partial charge in [0.1, 0.15) is 5.75 Å². The maximum atomic E-state index is 12.1. The van der Waals surface area contributed by atoms with Crippen molar-refractivity contribution in [1.29, 1.82) is 0 Å². The zero-order valence-corrected chi connectivity index (χ0v) is 13.0. The third-order valence-electron chi connectivity index (χ3n) is 3.58. The summed E-state index contributed by atoms with van der Waals surface area (Å²) in [6.07, 6.45) is 2.88. The Hall–Kier alpha value is -1.07. The molecule has 1 aliphatic rings. The number of amides is 1. The second-order valence-electron chi connectivity index (χ2n) is 5.10. The van der Waals surface area contributed by atoms with Crippen LogP contribution in [0.5, 0.6) is 5.75 Å². The largest absolute Gasteiger partial charge is 0.484 e. The van der Waals surface area contributed by atoms with Gasteiger partial charge in [0.05, 0.1) is 0 Å². The molecule has 0 spiro atoms. The van der Waals surface area contributed by atoms with Gasteiger partial charge in [0.25, 0.3) is 5.91 Å². The second kappa shape index (κ2) is 7.64. The van der Waals surface area contributed by atoms with Gasteiger partial charge in [-0.25, -0.2) is 0 Å². The van der Waals surface area contributed by atoms with E-state index in [2.05, 4.69) is 15.9 Å². The molecular formula is C15H20BrNO3. The summed E-state index contributed by atoms with van der Waals surface area (Å²) >= 11 is 3.36. The Morgan fingerprint density at radius 3 is 2.85 bits per heavy atom. The van der Waals surface area contributed by atoms with Crippen LogP contribution in [0.3, 0.4) is 0 Å². The van der Waals surface area contributed by atoms with Crippen LogP contribution in [0.2, 0.25) is 0 Å². The number of hydrogen-bond donors (Lipinski definition) is 1. The highest BCUT2D eigenvalue weighted by molar-refractivity contribution is 9.10. The second-order valence-corrected chi connectivity index (χ2v) is 6.02. The summed E-state index contributed by atoms with van der Waals surface area (Å²) < 4.78 is 6.50. The summed E-state index contributed by atoms with van der Waals surface area (Å²) in [5.74, 6) is 1.14. The van der Waals surface area contributed by atoms with Crippen molar-refractivity contribution >= 4 is 21.8 Å². The van der Waals surface area contributed by atoms with Gasteiger partial charge in [-0.05, 0) is 49.4 Å². The maximum Gasteiger partial charge on any atom is 0.260 e. The molecule has 1 atom stereocenters. The molecule has 0 aliphatic carbocycles. The van der Waals surface area contributed by atoms with Crippen LogP contribution in [0.1, 0.15) is 19.3 Å². The molecule has 20 heavy (non-hydrogen) atoms. The molecule has 0 radical (unpaired) electrons. The number of halogens is 1. The lowest BCUT2D eigenvalue weighted by Crippen LogP contribution is -2.42. The molecule has 1 fully saturated rings. The van der Waals surface area contributed by atoms with Gasteiger partial charge < -0.3 is 14.7 Å². The quantitative estimate of drug-likeness (QED) is 0.894. The van der Waals surface area contributed by atoms with Crippen LogP contribution >= 0.6 is 15.9 Å². The summed E-state index contributed by atoms with van der Waals surface area (Å²) in [4.78, 5) is 14.0. The Kier molecular flexibility index (Phi) is 5.86. The number of aliphatic hydroxyl groups excluding tert-OH is 1. The van der Waals surface area contributed by atoms with Crippen molar-refractivity contribution in [2.24, 2.45) is 5.92 Å². The van der Waals surface area contributed by atoms with E-state index in [4.69, 9.17) is 9.84 Å².